The van der Waals surface area contributed by atoms with E-state index in [1.54, 1.807) is 14.1 Å². The normalized spacial score (nSPS) is 12.3. The first-order valence-electron chi connectivity index (χ1n) is 10.3. The number of likely N-dealkylation sites (N-methyl/N-ethyl adjacent to an activating group) is 1. The lowest BCUT2D eigenvalue weighted by Gasteiger charge is -2.39. The Morgan fingerprint density at radius 1 is 0.867 bits per heavy atom. The topological polar surface area (TPSA) is 52.4 Å². The van der Waals surface area contributed by atoms with Crippen molar-refractivity contribution in [2.45, 2.75) is 24.5 Å². The molecule has 0 aliphatic carbocycles. The van der Waals surface area contributed by atoms with Crippen LogP contribution in [0.4, 0.5) is 0 Å². The molecule has 0 radical (unpaired) electrons. The molecular formula is C26H29N2O2-. The van der Waals surface area contributed by atoms with Crippen LogP contribution in [0.15, 0.2) is 91.0 Å². The van der Waals surface area contributed by atoms with E-state index in [1.165, 1.54) is 0 Å². The van der Waals surface area contributed by atoms with E-state index >= 15 is 0 Å². The Morgan fingerprint density at radius 3 is 1.67 bits per heavy atom. The van der Waals surface area contributed by atoms with Crippen LogP contribution in [0.5, 0.6) is 0 Å². The number of hydrogen-bond donors (Lipinski definition) is 1. The fourth-order valence-electron chi connectivity index (χ4n) is 3.70. The molecule has 0 heterocycles. The third kappa shape index (κ3) is 4.96. The van der Waals surface area contributed by atoms with Crippen LogP contribution >= 0.6 is 0 Å². The first-order chi connectivity index (χ1) is 14.7. The molecule has 3 aromatic rings. The second-order valence-corrected chi connectivity index (χ2v) is 7.21. The van der Waals surface area contributed by atoms with Crippen LogP contribution in [0.25, 0.3) is 5.32 Å². The predicted octanol–water partition coefficient (Wildman–Crippen LogP) is 4.89. The number of amides is 1. The molecule has 0 saturated carbocycles. The van der Waals surface area contributed by atoms with Gasteiger partial charge >= 0.3 is 0 Å². The van der Waals surface area contributed by atoms with Crippen molar-refractivity contribution in [3.05, 3.63) is 113 Å². The van der Waals surface area contributed by atoms with Crippen molar-refractivity contribution in [3.8, 4) is 0 Å². The summed E-state index contributed by atoms with van der Waals surface area (Å²) in [7, 11) is 3.44. The van der Waals surface area contributed by atoms with Gasteiger partial charge in [0.25, 0.3) is 0 Å². The summed E-state index contributed by atoms with van der Waals surface area (Å²) in [5.41, 5.74) is 2.41. The van der Waals surface area contributed by atoms with Gasteiger partial charge in [-0.2, -0.15) is 7.05 Å². The fraction of sp³-hybridized carbons (Fsp3) is 0.269. The minimum Gasteiger partial charge on any atom is -0.660 e. The van der Waals surface area contributed by atoms with Gasteiger partial charge in [-0.1, -0.05) is 97.4 Å². The highest BCUT2D eigenvalue weighted by Gasteiger charge is 2.37. The molecule has 0 aliphatic rings. The van der Waals surface area contributed by atoms with Crippen molar-refractivity contribution in [2.75, 3.05) is 20.7 Å². The largest absolute Gasteiger partial charge is 0.660 e. The van der Waals surface area contributed by atoms with Crippen molar-refractivity contribution < 1.29 is 9.53 Å². The summed E-state index contributed by atoms with van der Waals surface area (Å²) in [6, 6.07) is 30.8. The van der Waals surface area contributed by atoms with Crippen molar-refractivity contribution in [1.82, 2.24) is 5.32 Å². The van der Waals surface area contributed by atoms with E-state index in [2.05, 4.69) is 47.0 Å². The fourth-order valence-corrected chi connectivity index (χ4v) is 3.70. The van der Waals surface area contributed by atoms with Gasteiger partial charge in [0, 0.05) is 20.1 Å². The third-order valence-corrected chi connectivity index (χ3v) is 5.38. The first kappa shape index (κ1) is 21.8. The predicted molar refractivity (Wildman–Crippen MR) is 122 cm³/mol. The maximum absolute atomic E-state index is 11.7. The monoisotopic (exact) mass is 401 g/mol. The van der Waals surface area contributed by atoms with E-state index in [1.807, 2.05) is 54.6 Å². The van der Waals surface area contributed by atoms with Crippen molar-refractivity contribution >= 4 is 5.91 Å². The Kier molecular flexibility index (Phi) is 7.77. The molecule has 30 heavy (non-hydrogen) atoms. The number of rotatable bonds is 10. The summed E-state index contributed by atoms with van der Waals surface area (Å²) in [6.45, 7) is 0.409. The number of nitrogens with one attached hydrogen (secondary N) is 1. The number of nitrogens with zero attached hydrogens (tertiary/aromatic N) is 1. The third-order valence-electron chi connectivity index (χ3n) is 5.38. The second-order valence-electron chi connectivity index (χ2n) is 7.21. The van der Waals surface area contributed by atoms with E-state index < -0.39 is 5.60 Å². The SMILES string of the molecule is C[N-][C@@H](CCC(=O)NC)COC(c1ccccc1)(c1ccccc1)c1ccccc1. The van der Waals surface area contributed by atoms with E-state index in [0.29, 0.717) is 19.4 Å². The van der Waals surface area contributed by atoms with Crippen LogP contribution < -0.4 is 5.32 Å². The standard InChI is InChI=1S/C26H29N2O2/c1-27-24(18-19-25(29)28-2)20-30-26(21-12-6-3-7-13-21,22-14-8-4-9-15-22)23-16-10-5-11-17-23/h3-17,24H,18-20H2,1-2H3,(H,28,29)/q-1/t24-/m0/s1. The van der Waals surface area contributed by atoms with Gasteiger partial charge in [0.2, 0.25) is 5.91 Å². The highest BCUT2D eigenvalue weighted by molar-refractivity contribution is 5.75. The smallest absolute Gasteiger partial charge is 0.219 e. The van der Waals surface area contributed by atoms with E-state index in [0.717, 1.165) is 16.7 Å². The molecule has 3 aromatic carbocycles. The molecular weight excluding hydrogens is 372 g/mol. The molecule has 3 rings (SSSR count). The van der Waals surface area contributed by atoms with E-state index in [-0.39, 0.29) is 11.9 Å². The molecule has 4 heteroatoms. The zero-order valence-corrected chi connectivity index (χ0v) is 17.6. The summed E-state index contributed by atoms with van der Waals surface area (Å²) in [5, 5.41) is 7.15. The van der Waals surface area contributed by atoms with E-state index in [4.69, 9.17) is 4.74 Å². The maximum atomic E-state index is 11.7. The van der Waals surface area contributed by atoms with Gasteiger partial charge in [-0.25, -0.2) is 0 Å². The van der Waals surface area contributed by atoms with Crippen LogP contribution in [0.1, 0.15) is 29.5 Å². The molecule has 0 fully saturated rings. The van der Waals surface area contributed by atoms with Crippen molar-refractivity contribution in [2.24, 2.45) is 0 Å². The zero-order valence-electron chi connectivity index (χ0n) is 17.6. The summed E-state index contributed by atoms with van der Waals surface area (Å²) in [5.74, 6) is 0.0177. The van der Waals surface area contributed by atoms with Gasteiger partial charge in [-0.15, -0.1) is 6.04 Å². The van der Waals surface area contributed by atoms with Gasteiger partial charge in [-0.05, 0) is 16.7 Å². The molecule has 0 spiro atoms. The average molecular weight is 402 g/mol. The number of carbonyl (C=O) groups excluding carboxylic acids is 1. The highest BCUT2D eigenvalue weighted by atomic mass is 16.5. The summed E-state index contributed by atoms with van der Waals surface area (Å²) < 4.78 is 6.78. The van der Waals surface area contributed by atoms with Gasteiger partial charge in [-0.3, -0.25) is 4.79 Å². The summed E-state index contributed by atoms with van der Waals surface area (Å²) in [6.07, 6.45) is 1.07. The molecule has 156 valence electrons. The van der Waals surface area contributed by atoms with Crippen LogP contribution in [0.3, 0.4) is 0 Å². The molecule has 0 aliphatic heterocycles. The summed E-state index contributed by atoms with van der Waals surface area (Å²) in [4.78, 5) is 11.7. The van der Waals surface area contributed by atoms with Gasteiger partial charge in [0.05, 0.1) is 0 Å². The zero-order chi connectivity index (χ0) is 21.2. The highest BCUT2D eigenvalue weighted by Crippen LogP contribution is 2.40. The molecule has 1 amide bonds. The number of hydrogen-bond acceptors (Lipinski definition) is 2. The lowest BCUT2D eigenvalue weighted by atomic mass is 9.80. The number of carbonyl (C=O) groups is 1. The summed E-state index contributed by atoms with van der Waals surface area (Å²) >= 11 is 0. The lowest BCUT2D eigenvalue weighted by Crippen LogP contribution is -2.35. The van der Waals surface area contributed by atoms with Crippen LogP contribution in [0, 0.1) is 0 Å². The molecule has 1 atom stereocenters. The molecule has 1 N–H and O–H groups in total. The van der Waals surface area contributed by atoms with Crippen molar-refractivity contribution in [3.63, 3.8) is 0 Å². The Hall–Kier alpha value is -2.95. The lowest BCUT2D eigenvalue weighted by molar-refractivity contribution is -0.120. The Morgan fingerprint density at radius 2 is 1.30 bits per heavy atom. The quantitative estimate of drug-likeness (QED) is 0.492. The molecule has 0 unspecified atom stereocenters. The first-order valence-corrected chi connectivity index (χ1v) is 10.3. The van der Waals surface area contributed by atoms with Crippen LogP contribution in [-0.2, 0) is 15.1 Å². The minimum atomic E-state index is -0.764. The van der Waals surface area contributed by atoms with Crippen LogP contribution in [0.2, 0.25) is 0 Å². The second kappa shape index (κ2) is 10.7. The molecule has 0 saturated heterocycles. The van der Waals surface area contributed by atoms with Crippen molar-refractivity contribution in [1.29, 1.82) is 0 Å². The van der Waals surface area contributed by atoms with Gasteiger partial charge in [0.15, 0.2) is 0 Å². The Balaban J connectivity index is 2.02. The maximum Gasteiger partial charge on any atom is 0.219 e. The van der Waals surface area contributed by atoms with Crippen LogP contribution in [-0.4, -0.2) is 32.7 Å². The molecule has 4 nitrogen and oxygen atoms in total. The average Bonchev–Trinajstić information content (AvgIpc) is 2.83. The molecule has 0 bridgehead atoms. The Bertz CT molecular complexity index is 801. The molecule has 0 aromatic heterocycles. The minimum absolute atomic E-state index is 0.0177. The van der Waals surface area contributed by atoms with Gasteiger partial charge < -0.3 is 15.4 Å². The van der Waals surface area contributed by atoms with E-state index in [9.17, 15) is 4.79 Å². The Labute approximate surface area is 179 Å². The van der Waals surface area contributed by atoms with Gasteiger partial charge in [0.1, 0.15) is 5.60 Å². The number of benzene rings is 3. The number of ether oxygens (including phenoxy) is 1.